The van der Waals surface area contributed by atoms with Crippen molar-refractivity contribution in [2.24, 2.45) is 5.73 Å². The Labute approximate surface area is 164 Å². The van der Waals surface area contributed by atoms with E-state index < -0.39 is 5.91 Å². The molecule has 0 fully saturated rings. The zero-order chi connectivity index (χ0) is 19.8. The van der Waals surface area contributed by atoms with Crippen molar-refractivity contribution >= 4 is 23.6 Å². The molecule has 0 unspecified atom stereocenters. The highest BCUT2D eigenvalue weighted by molar-refractivity contribution is 7.99. The summed E-state index contributed by atoms with van der Waals surface area (Å²) in [5, 5.41) is 3.53. The van der Waals surface area contributed by atoms with Gasteiger partial charge < -0.3 is 11.1 Å². The SMILES string of the molecule is Cc1nc(SCC(N)=O)nc(C)c1CCC(=O)NC[C@@H](C)c1ccccc1. The van der Waals surface area contributed by atoms with Crippen LogP contribution in [0.3, 0.4) is 0 Å². The van der Waals surface area contributed by atoms with E-state index in [0.29, 0.717) is 24.5 Å². The van der Waals surface area contributed by atoms with Crippen LogP contribution in [0.25, 0.3) is 0 Å². The molecule has 0 aliphatic rings. The second-order valence-corrected chi connectivity index (χ2v) is 7.47. The molecule has 0 aliphatic carbocycles. The lowest BCUT2D eigenvalue weighted by Gasteiger charge is -2.14. The predicted octanol–water partition coefficient (Wildman–Crippen LogP) is 2.52. The number of nitrogens with zero attached hydrogens (tertiary/aromatic N) is 2. The van der Waals surface area contributed by atoms with Gasteiger partial charge in [-0.15, -0.1) is 0 Å². The van der Waals surface area contributed by atoms with E-state index in [2.05, 4.69) is 34.3 Å². The third-order valence-electron chi connectivity index (χ3n) is 4.32. The molecule has 0 saturated heterocycles. The lowest BCUT2D eigenvalue weighted by atomic mass is 10.0. The van der Waals surface area contributed by atoms with Gasteiger partial charge >= 0.3 is 0 Å². The molecule has 0 radical (unpaired) electrons. The van der Waals surface area contributed by atoms with Gasteiger partial charge in [0.2, 0.25) is 11.8 Å². The Bertz CT molecular complexity index is 773. The van der Waals surface area contributed by atoms with E-state index in [1.54, 1.807) is 0 Å². The maximum atomic E-state index is 12.2. The molecule has 27 heavy (non-hydrogen) atoms. The number of nitrogens with two attached hydrogens (primary N) is 1. The summed E-state index contributed by atoms with van der Waals surface area (Å²) in [6.07, 6.45) is 0.976. The maximum Gasteiger partial charge on any atom is 0.227 e. The van der Waals surface area contributed by atoms with E-state index in [4.69, 9.17) is 5.73 Å². The number of aryl methyl sites for hydroxylation is 2. The van der Waals surface area contributed by atoms with Crippen molar-refractivity contribution in [2.45, 2.75) is 44.7 Å². The number of primary amides is 1. The first-order valence-corrected chi connectivity index (χ1v) is 9.92. The minimum absolute atomic E-state index is 0.0174. The Balaban J connectivity index is 1.86. The van der Waals surface area contributed by atoms with Crippen LogP contribution in [0, 0.1) is 13.8 Å². The first-order valence-electron chi connectivity index (χ1n) is 8.93. The molecule has 2 amide bonds. The fourth-order valence-electron chi connectivity index (χ4n) is 2.76. The molecule has 1 atom stereocenters. The number of hydrogen-bond acceptors (Lipinski definition) is 5. The molecule has 0 saturated carbocycles. The van der Waals surface area contributed by atoms with E-state index in [0.717, 1.165) is 17.0 Å². The molecule has 144 valence electrons. The van der Waals surface area contributed by atoms with Crippen molar-refractivity contribution in [1.82, 2.24) is 15.3 Å². The fraction of sp³-hybridized carbons (Fsp3) is 0.400. The molecule has 6 nitrogen and oxygen atoms in total. The highest BCUT2D eigenvalue weighted by Crippen LogP contribution is 2.19. The number of hydrogen-bond donors (Lipinski definition) is 2. The van der Waals surface area contributed by atoms with Gasteiger partial charge in [0.1, 0.15) is 0 Å². The van der Waals surface area contributed by atoms with Gasteiger partial charge in [-0.25, -0.2) is 9.97 Å². The van der Waals surface area contributed by atoms with E-state index in [1.807, 2.05) is 32.0 Å². The highest BCUT2D eigenvalue weighted by Gasteiger charge is 2.13. The fourth-order valence-corrected chi connectivity index (χ4v) is 3.44. The van der Waals surface area contributed by atoms with Gasteiger partial charge in [-0.05, 0) is 37.3 Å². The Morgan fingerprint density at radius 3 is 2.37 bits per heavy atom. The minimum Gasteiger partial charge on any atom is -0.369 e. The summed E-state index contributed by atoms with van der Waals surface area (Å²) in [5.74, 6) is 0.0388. The third kappa shape index (κ3) is 6.67. The van der Waals surface area contributed by atoms with Crippen molar-refractivity contribution in [1.29, 1.82) is 0 Å². The zero-order valence-corrected chi connectivity index (χ0v) is 16.8. The molecule has 0 bridgehead atoms. The number of amides is 2. The normalized spacial score (nSPS) is 11.8. The van der Waals surface area contributed by atoms with Crippen molar-refractivity contribution in [3.05, 3.63) is 52.8 Å². The number of carbonyl (C=O) groups is 2. The lowest BCUT2D eigenvalue weighted by molar-refractivity contribution is -0.121. The summed E-state index contributed by atoms with van der Waals surface area (Å²) in [7, 11) is 0. The number of benzene rings is 1. The van der Waals surface area contributed by atoms with E-state index in [1.165, 1.54) is 17.3 Å². The van der Waals surface area contributed by atoms with Crippen molar-refractivity contribution in [2.75, 3.05) is 12.3 Å². The molecule has 1 aromatic heterocycles. The number of carbonyl (C=O) groups excluding carboxylic acids is 2. The van der Waals surface area contributed by atoms with Crippen LogP contribution in [0.1, 0.15) is 41.8 Å². The van der Waals surface area contributed by atoms with E-state index in [9.17, 15) is 9.59 Å². The van der Waals surface area contributed by atoms with Crippen LogP contribution in [0.5, 0.6) is 0 Å². The molecule has 3 N–H and O–H groups in total. The van der Waals surface area contributed by atoms with Crippen LogP contribution >= 0.6 is 11.8 Å². The van der Waals surface area contributed by atoms with Gasteiger partial charge in [-0.3, -0.25) is 9.59 Å². The van der Waals surface area contributed by atoms with Gasteiger partial charge in [0.15, 0.2) is 5.16 Å². The second kappa shape index (κ2) is 10.1. The molecule has 1 aromatic carbocycles. The van der Waals surface area contributed by atoms with Gasteiger partial charge in [0.25, 0.3) is 0 Å². The second-order valence-electron chi connectivity index (χ2n) is 6.53. The van der Waals surface area contributed by atoms with Gasteiger partial charge in [-0.1, -0.05) is 49.0 Å². The van der Waals surface area contributed by atoms with Crippen molar-refractivity contribution < 1.29 is 9.59 Å². The van der Waals surface area contributed by atoms with Crippen LogP contribution in [-0.2, 0) is 16.0 Å². The minimum atomic E-state index is -0.399. The van der Waals surface area contributed by atoms with Crippen LogP contribution < -0.4 is 11.1 Å². The van der Waals surface area contributed by atoms with Crippen molar-refractivity contribution in [3.63, 3.8) is 0 Å². The lowest BCUT2D eigenvalue weighted by Crippen LogP contribution is -2.27. The summed E-state index contributed by atoms with van der Waals surface area (Å²) >= 11 is 1.22. The summed E-state index contributed by atoms with van der Waals surface area (Å²) < 4.78 is 0. The predicted molar refractivity (Wildman–Crippen MR) is 108 cm³/mol. The molecular formula is C20H26N4O2S. The number of nitrogens with one attached hydrogen (secondary N) is 1. The number of rotatable bonds is 9. The Morgan fingerprint density at radius 2 is 1.78 bits per heavy atom. The standard InChI is InChI=1S/C20H26N4O2S/c1-13(16-7-5-4-6-8-16)11-22-19(26)10-9-17-14(2)23-20(24-15(17)3)27-12-18(21)25/h4-8,13H,9-12H2,1-3H3,(H2,21,25)(H,22,26)/t13-/m1/s1. The molecule has 1 heterocycles. The molecular weight excluding hydrogens is 360 g/mol. The van der Waals surface area contributed by atoms with Gasteiger partial charge in [0, 0.05) is 24.4 Å². The average Bonchev–Trinajstić information content (AvgIpc) is 2.64. The summed E-state index contributed by atoms with van der Waals surface area (Å²) in [6, 6.07) is 10.1. The van der Waals surface area contributed by atoms with Gasteiger partial charge in [0.05, 0.1) is 5.75 Å². The average molecular weight is 387 g/mol. The van der Waals surface area contributed by atoms with E-state index >= 15 is 0 Å². The first kappa shape index (κ1) is 20.9. The topological polar surface area (TPSA) is 98.0 Å². The van der Waals surface area contributed by atoms with Crippen LogP contribution in [-0.4, -0.2) is 34.1 Å². The molecule has 2 rings (SSSR count). The monoisotopic (exact) mass is 386 g/mol. The smallest absolute Gasteiger partial charge is 0.227 e. The Kier molecular flexibility index (Phi) is 7.79. The summed E-state index contributed by atoms with van der Waals surface area (Å²) in [6.45, 7) is 6.50. The quantitative estimate of drug-likeness (QED) is 0.510. The van der Waals surface area contributed by atoms with Crippen molar-refractivity contribution in [3.8, 4) is 0 Å². The Hall–Kier alpha value is -2.41. The number of thioether (sulfide) groups is 1. The largest absolute Gasteiger partial charge is 0.369 e. The van der Waals surface area contributed by atoms with E-state index in [-0.39, 0.29) is 17.6 Å². The first-order chi connectivity index (χ1) is 12.9. The zero-order valence-electron chi connectivity index (χ0n) is 16.0. The summed E-state index contributed by atoms with van der Waals surface area (Å²) in [5.41, 5.74) is 9.01. The van der Waals surface area contributed by atoms with Gasteiger partial charge in [-0.2, -0.15) is 0 Å². The number of aromatic nitrogens is 2. The third-order valence-corrected chi connectivity index (χ3v) is 5.19. The Morgan fingerprint density at radius 1 is 1.15 bits per heavy atom. The van der Waals surface area contributed by atoms with Crippen LogP contribution in [0.15, 0.2) is 35.5 Å². The maximum absolute atomic E-state index is 12.2. The molecule has 0 spiro atoms. The summed E-state index contributed by atoms with van der Waals surface area (Å²) in [4.78, 5) is 31.9. The molecule has 2 aromatic rings. The molecule has 7 heteroatoms. The molecule has 0 aliphatic heterocycles. The van der Waals surface area contributed by atoms with Crippen LogP contribution in [0.4, 0.5) is 0 Å². The van der Waals surface area contributed by atoms with Crippen LogP contribution in [0.2, 0.25) is 0 Å². The highest BCUT2D eigenvalue weighted by atomic mass is 32.2.